The zero-order valence-corrected chi connectivity index (χ0v) is 14.7. The van der Waals surface area contributed by atoms with Crippen molar-refractivity contribution in [3.63, 3.8) is 0 Å². The van der Waals surface area contributed by atoms with Crippen molar-refractivity contribution in [2.24, 2.45) is 0 Å². The minimum absolute atomic E-state index is 0.268. The molecule has 0 amide bonds. The lowest BCUT2D eigenvalue weighted by molar-refractivity contribution is 0.626. The first-order valence-corrected chi connectivity index (χ1v) is 8.62. The molecule has 0 aliphatic carbocycles. The molecule has 4 nitrogen and oxygen atoms in total. The second kappa shape index (κ2) is 7.29. The molecule has 0 unspecified atom stereocenters. The van der Waals surface area contributed by atoms with Crippen LogP contribution < -0.4 is 5.56 Å². The Labute approximate surface area is 160 Å². The van der Waals surface area contributed by atoms with E-state index in [4.69, 9.17) is 5.26 Å². The van der Waals surface area contributed by atoms with Crippen LogP contribution in [0.5, 0.6) is 0 Å². The Bertz CT molecular complexity index is 1300. The molecule has 0 saturated carbocycles. The number of para-hydroxylation sites is 1. The fraction of sp³-hybridized carbons (Fsp3) is 0. The first kappa shape index (κ1) is 17.4. The minimum Gasteiger partial charge on any atom is -0.268 e. The average molecular weight is 367 g/mol. The second-order valence-electron chi connectivity index (χ2n) is 6.17. The summed E-state index contributed by atoms with van der Waals surface area (Å²) in [5, 5.41) is 9.37. The number of nitrogens with zero attached hydrogens (tertiary/aromatic N) is 3. The van der Waals surface area contributed by atoms with Crippen LogP contribution in [0, 0.1) is 17.1 Å². The van der Waals surface area contributed by atoms with Crippen molar-refractivity contribution >= 4 is 23.1 Å². The lowest BCUT2D eigenvalue weighted by Crippen LogP contribution is -2.22. The number of nitriles is 1. The van der Waals surface area contributed by atoms with Crippen LogP contribution in [0.2, 0.25) is 0 Å². The SMILES string of the molecule is N#Cc1ccc(/C=C/c2nc3ccccc3c(=O)n2-c2cccc(F)c2)cc1. The van der Waals surface area contributed by atoms with Gasteiger partial charge < -0.3 is 0 Å². The van der Waals surface area contributed by atoms with Crippen LogP contribution in [0.3, 0.4) is 0 Å². The van der Waals surface area contributed by atoms with E-state index in [0.29, 0.717) is 28.0 Å². The number of aromatic nitrogens is 2. The summed E-state index contributed by atoms with van der Waals surface area (Å²) in [6, 6.07) is 22.0. The van der Waals surface area contributed by atoms with Gasteiger partial charge in [0.2, 0.25) is 0 Å². The zero-order chi connectivity index (χ0) is 19.5. The van der Waals surface area contributed by atoms with E-state index < -0.39 is 5.82 Å². The van der Waals surface area contributed by atoms with Gasteiger partial charge in [-0.15, -0.1) is 0 Å². The van der Waals surface area contributed by atoms with Gasteiger partial charge in [0.05, 0.1) is 28.2 Å². The van der Waals surface area contributed by atoms with Gasteiger partial charge in [0, 0.05) is 0 Å². The standard InChI is InChI=1S/C23H14FN3O/c24-18-4-3-5-19(14-18)27-22(13-12-16-8-10-17(15-25)11-9-16)26-21-7-2-1-6-20(21)23(27)28/h1-14H/b13-12+. The largest absolute Gasteiger partial charge is 0.268 e. The van der Waals surface area contributed by atoms with E-state index >= 15 is 0 Å². The monoisotopic (exact) mass is 367 g/mol. The van der Waals surface area contributed by atoms with Gasteiger partial charge >= 0.3 is 0 Å². The molecule has 0 bridgehead atoms. The molecule has 0 aliphatic heterocycles. The molecule has 3 aromatic carbocycles. The number of hydrogen-bond donors (Lipinski definition) is 0. The highest BCUT2D eigenvalue weighted by Gasteiger charge is 2.11. The number of hydrogen-bond acceptors (Lipinski definition) is 3. The van der Waals surface area contributed by atoms with Crippen molar-refractivity contribution < 1.29 is 4.39 Å². The molecule has 0 atom stereocenters. The van der Waals surface area contributed by atoms with Gasteiger partial charge in [-0.1, -0.05) is 36.4 Å². The summed E-state index contributed by atoms with van der Waals surface area (Å²) in [6.45, 7) is 0. The molecule has 28 heavy (non-hydrogen) atoms. The van der Waals surface area contributed by atoms with Gasteiger partial charge in [-0.25, -0.2) is 9.37 Å². The van der Waals surface area contributed by atoms with Gasteiger partial charge in [0.15, 0.2) is 0 Å². The molecule has 0 N–H and O–H groups in total. The highest BCUT2D eigenvalue weighted by atomic mass is 19.1. The van der Waals surface area contributed by atoms with Crippen LogP contribution in [0.25, 0.3) is 28.7 Å². The van der Waals surface area contributed by atoms with E-state index in [1.54, 1.807) is 66.7 Å². The van der Waals surface area contributed by atoms with E-state index in [1.165, 1.54) is 16.7 Å². The van der Waals surface area contributed by atoms with E-state index in [9.17, 15) is 9.18 Å². The lowest BCUT2D eigenvalue weighted by atomic mass is 10.1. The summed E-state index contributed by atoms with van der Waals surface area (Å²) >= 11 is 0. The molecule has 4 rings (SSSR count). The first-order valence-electron chi connectivity index (χ1n) is 8.62. The number of fused-ring (bicyclic) bond motifs is 1. The van der Waals surface area contributed by atoms with Crippen molar-refractivity contribution in [1.82, 2.24) is 9.55 Å². The smallest absolute Gasteiger partial charge is 0.266 e. The maximum Gasteiger partial charge on any atom is 0.266 e. The summed E-state index contributed by atoms with van der Waals surface area (Å²) in [6.07, 6.45) is 3.51. The number of benzene rings is 3. The molecule has 0 radical (unpaired) electrons. The maximum atomic E-state index is 13.8. The Hall–Kier alpha value is -4.04. The van der Waals surface area contributed by atoms with Crippen molar-refractivity contribution in [3.05, 3.63) is 106 Å². The van der Waals surface area contributed by atoms with Gasteiger partial charge in [0.25, 0.3) is 5.56 Å². The van der Waals surface area contributed by atoms with Crippen LogP contribution in [0.15, 0.2) is 77.6 Å². The second-order valence-corrected chi connectivity index (χ2v) is 6.17. The summed E-state index contributed by atoms with van der Waals surface area (Å²) in [7, 11) is 0. The van der Waals surface area contributed by atoms with Gasteiger partial charge in [-0.05, 0) is 54.1 Å². The summed E-state index contributed by atoms with van der Waals surface area (Å²) in [5.74, 6) is -0.0433. The topological polar surface area (TPSA) is 58.7 Å². The van der Waals surface area contributed by atoms with Crippen molar-refractivity contribution in [2.45, 2.75) is 0 Å². The predicted octanol–water partition coefficient (Wildman–Crippen LogP) is 4.57. The van der Waals surface area contributed by atoms with Crippen LogP contribution in [-0.4, -0.2) is 9.55 Å². The minimum atomic E-state index is -0.431. The Morgan fingerprint density at radius 3 is 2.50 bits per heavy atom. The third-order valence-corrected chi connectivity index (χ3v) is 4.33. The maximum absolute atomic E-state index is 13.8. The first-order chi connectivity index (χ1) is 13.7. The van der Waals surface area contributed by atoms with E-state index in [1.807, 2.05) is 6.07 Å². The van der Waals surface area contributed by atoms with Gasteiger partial charge in [-0.2, -0.15) is 5.26 Å². The molecule has 1 aromatic heterocycles. The van der Waals surface area contributed by atoms with Gasteiger partial charge in [-0.3, -0.25) is 9.36 Å². The van der Waals surface area contributed by atoms with Crippen molar-refractivity contribution in [2.75, 3.05) is 0 Å². The van der Waals surface area contributed by atoms with Crippen LogP contribution >= 0.6 is 0 Å². The van der Waals surface area contributed by atoms with E-state index in [2.05, 4.69) is 11.1 Å². The normalized spacial score (nSPS) is 11.0. The molecule has 0 spiro atoms. The molecule has 0 aliphatic rings. The number of rotatable bonds is 3. The van der Waals surface area contributed by atoms with Crippen molar-refractivity contribution in [1.29, 1.82) is 5.26 Å². The Kier molecular flexibility index (Phi) is 4.53. The summed E-state index contributed by atoms with van der Waals surface area (Å²) in [5.41, 5.74) is 2.13. The number of halogens is 1. The summed E-state index contributed by atoms with van der Waals surface area (Å²) in [4.78, 5) is 17.7. The highest BCUT2D eigenvalue weighted by Crippen LogP contribution is 2.16. The molecule has 134 valence electrons. The fourth-order valence-electron chi connectivity index (χ4n) is 2.97. The van der Waals surface area contributed by atoms with Crippen LogP contribution in [0.4, 0.5) is 4.39 Å². The predicted molar refractivity (Wildman–Crippen MR) is 107 cm³/mol. The third-order valence-electron chi connectivity index (χ3n) is 4.33. The molecule has 0 saturated heterocycles. The van der Waals surface area contributed by atoms with Crippen LogP contribution in [-0.2, 0) is 0 Å². The van der Waals surface area contributed by atoms with Gasteiger partial charge in [0.1, 0.15) is 11.6 Å². The highest BCUT2D eigenvalue weighted by molar-refractivity contribution is 5.80. The molecule has 1 heterocycles. The fourth-order valence-corrected chi connectivity index (χ4v) is 2.97. The lowest BCUT2D eigenvalue weighted by Gasteiger charge is -2.11. The van der Waals surface area contributed by atoms with Crippen molar-refractivity contribution in [3.8, 4) is 11.8 Å². The van der Waals surface area contributed by atoms with Crippen LogP contribution in [0.1, 0.15) is 17.0 Å². The molecular formula is C23H14FN3O. The van der Waals surface area contributed by atoms with E-state index in [0.717, 1.165) is 5.56 Å². The molecule has 4 aromatic rings. The Morgan fingerprint density at radius 2 is 1.75 bits per heavy atom. The Balaban J connectivity index is 1.90. The summed E-state index contributed by atoms with van der Waals surface area (Å²) < 4.78 is 15.2. The third kappa shape index (κ3) is 3.31. The zero-order valence-electron chi connectivity index (χ0n) is 14.7. The molecular weight excluding hydrogens is 353 g/mol. The molecule has 5 heteroatoms. The van der Waals surface area contributed by atoms with E-state index in [-0.39, 0.29) is 5.56 Å². The quantitative estimate of drug-likeness (QED) is 0.533. The Morgan fingerprint density at radius 1 is 0.964 bits per heavy atom. The average Bonchev–Trinajstić information content (AvgIpc) is 2.73. The molecule has 0 fully saturated rings.